The molecular weight excluding hydrogens is 475 g/mol. The van der Waals surface area contributed by atoms with E-state index in [4.69, 9.17) is 9.47 Å². The van der Waals surface area contributed by atoms with Crippen molar-refractivity contribution in [3.63, 3.8) is 0 Å². The number of esters is 1. The second-order valence-electron chi connectivity index (χ2n) is 8.87. The summed E-state index contributed by atoms with van der Waals surface area (Å²) in [6.07, 6.45) is 0.859. The van der Waals surface area contributed by atoms with E-state index >= 15 is 0 Å². The predicted molar refractivity (Wildman–Crippen MR) is 123 cm³/mol. The Bertz CT molecular complexity index is 1380. The molecule has 12 nitrogen and oxygen atoms in total. The lowest BCUT2D eigenvalue weighted by Crippen LogP contribution is -2.35. The number of halogens is 1. The molecule has 4 rings (SSSR count). The van der Waals surface area contributed by atoms with Gasteiger partial charge in [-0.15, -0.1) is 0 Å². The van der Waals surface area contributed by atoms with Crippen LogP contribution < -0.4 is 20.7 Å². The molecule has 0 bridgehead atoms. The third-order valence-electron chi connectivity index (χ3n) is 4.84. The van der Waals surface area contributed by atoms with E-state index in [-0.39, 0.29) is 36.1 Å². The highest BCUT2D eigenvalue weighted by atomic mass is 19.1. The van der Waals surface area contributed by atoms with Crippen molar-refractivity contribution in [2.45, 2.75) is 32.9 Å². The molecule has 188 valence electrons. The smallest absolute Gasteiger partial charge is 0.325 e. The number of hydrogen-bond donors (Lipinski definition) is 3. The summed E-state index contributed by atoms with van der Waals surface area (Å²) in [6.45, 7) is 4.59. The minimum Gasteiger partial charge on any atom is -0.482 e. The Labute approximate surface area is 204 Å². The number of nitrogens with one attached hydrogen (secondary N) is 3. The lowest BCUT2D eigenvalue weighted by molar-refractivity contribution is -0.153. The van der Waals surface area contributed by atoms with Crippen molar-refractivity contribution < 1.29 is 33.0 Å². The summed E-state index contributed by atoms with van der Waals surface area (Å²) in [5.74, 6) is -2.75. The van der Waals surface area contributed by atoms with Crippen molar-refractivity contribution in [3.8, 4) is 5.75 Å². The van der Waals surface area contributed by atoms with Gasteiger partial charge in [-0.05, 0) is 38.5 Å². The first-order valence-electron chi connectivity index (χ1n) is 10.9. The minimum atomic E-state index is -0.837. The maximum absolute atomic E-state index is 14.2. The molecule has 0 spiro atoms. The molecule has 0 fully saturated rings. The number of hydrogen-bond acceptors (Lipinski definition) is 8. The number of aromatic nitrogens is 3. The fourth-order valence-electron chi connectivity index (χ4n) is 3.35. The van der Waals surface area contributed by atoms with Gasteiger partial charge in [-0.1, -0.05) is 6.07 Å². The average Bonchev–Trinajstić information content (AvgIpc) is 3.19. The molecule has 3 N–H and O–H groups in total. The summed E-state index contributed by atoms with van der Waals surface area (Å²) in [5.41, 5.74) is -0.384. The summed E-state index contributed by atoms with van der Waals surface area (Å²) in [4.78, 5) is 53.0. The van der Waals surface area contributed by atoms with E-state index in [1.54, 1.807) is 39.0 Å². The van der Waals surface area contributed by atoms with Crippen LogP contribution in [0.4, 0.5) is 10.1 Å². The zero-order valence-corrected chi connectivity index (χ0v) is 19.7. The number of nitrogens with zero attached hydrogens (tertiary/aromatic N) is 3. The summed E-state index contributed by atoms with van der Waals surface area (Å²) >= 11 is 0. The largest absolute Gasteiger partial charge is 0.482 e. The van der Waals surface area contributed by atoms with Crippen molar-refractivity contribution in [2.75, 3.05) is 18.5 Å². The van der Waals surface area contributed by atoms with Gasteiger partial charge in [0, 0.05) is 12.6 Å². The number of benzene rings is 1. The van der Waals surface area contributed by atoms with Crippen LogP contribution in [0.1, 0.15) is 47.3 Å². The maximum Gasteiger partial charge on any atom is 0.325 e. The van der Waals surface area contributed by atoms with Crippen LogP contribution in [0.3, 0.4) is 0 Å². The van der Waals surface area contributed by atoms with Crippen molar-refractivity contribution in [3.05, 3.63) is 53.2 Å². The second kappa shape index (κ2) is 9.60. The average molecular weight is 498 g/mol. The van der Waals surface area contributed by atoms with Crippen LogP contribution in [0.2, 0.25) is 0 Å². The highest BCUT2D eigenvalue weighted by Crippen LogP contribution is 2.28. The SMILES string of the molecule is CC(C)(C)OC(=O)CNC(=O)c1cc(C(=O)NCc2ccc3c(c2)NC(=O)CO3)nc2c(F)cnn12. The van der Waals surface area contributed by atoms with E-state index in [0.717, 1.165) is 16.8 Å². The van der Waals surface area contributed by atoms with Crippen LogP contribution in [0.25, 0.3) is 5.65 Å². The lowest BCUT2D eigenvalue weighted by Gasteiger charge is -2.19. The number of rotatable bonds is 6. The molecule has 1 aliphatic rings. The zero-order chi connectivity index (χ0) is 26.0. The molecule has 0 radical (unpaired) electrons. The summed E-state index contributed by atoms with van der Waals surface area (Å²) in [5, 5.41) is 11.5. The third-order valence-corrected chi connectivity index (χ3v) is 4.84. The summed E-state index contributed by atoms with van der Waals surface area (Å²) in [6, 6.07) is 6.16. The van der Waals surface area contributed by atoms with E-state index in [2.05, 4.69) is 26.0 Å². The minimum absolute atomic E-state index is 0.0523. The van der Waals surface area contributed by atoms with Crippen molar-refractivity contribution in [1.29, 1.82) is 0 Å². The molecule has 0 atom stereocenters. The molecular formula is C23H23FN6O6. The van der Waals surface area contributed by atoms with Crippen LogP contribution in [0.15, 0.2) is 30.5 Å². The first kappa shape index (κ1) is 24.6. The first-order chi connectivity index (χ1) is 17.0. The highest BCUT2D eigenvalue weighted by molar-refractivity contribution is 5.99. The van der Waals surface area contributed by atoms with Gasteiger partial charge in [0.2, 0.25) is 0 Å². The van der Waals surface area contributed by atoms with Crippen LogP contribution in [0.5, 0.6) is 5.75 Å². The molecule has 3 heterocycles. The molecule has 13 heteroatoms. The predicted octanol–water partition coefficient (Wildman–Crippen LogP) is 1.20. The molecule has 1 aliphatic heterocycles. The summed E-state index contributed by atoms with van der Waals surface area (Å²) < 4.78 is 25.6. The third kappa shape index (κ3) is 5.56. The number of anilines is 1. The van der Waals surface area contributed by atoms with Crippen molar-refractivity contribution >= 4 is 35.0 Å². The van der Waals surface area contributed by atoms with Crippen LogP contribution >= 0.6 is 0 Å². The van der Waals surface area contributed by atoms with E-state index < -0.39 is 35.7 Å². The number of fused-ring (bicyclic) bond motifs is 2. The Hall–Kier alpha value is -4.55. The Morgan fingerprint density at radius 2 is 1.97 bits per heavy atom. The van der Waals surface area contributed by atoms with Gasteiger partial charge in [-0.2, -0.15) is 5.10 Å². The van der Waals surface area contributed by atoms with Gasteiger partial charge in [-0.3, -0.25) is 19.2 Å². The lowest BCUT2D eigenvalue weighted by atomic mass is 10.1. The Morgan fingerprint density at radius 1 is 1.19 bits per heavy atom. The fourth-order valence-corrected chi connectivity index (χ4v) is 3.35. The zero-order valence-electron chi connectivity index (χ0n) is 19.7. The van der Waals surface area contributed by atoms with Gasteiger partial charge < -0.3 is 25.4 Å². The number of carbonyl (C=O) groups excluding carboxylic acids is 4. The molecule has 1 aromatic carbocycles. The maximum atomic E-state index is 14.2. The number of carbonyl (C=O) groups is 4. The van der Waals surface area contributed by atoms with Gasteiger partial charge >= 0.3 is 5.97 Å². The molecule has 0 saturated heterocycles. The first-order valence-corrected chi connectivity index (χ1v) is 10.9. The number of ether oxygens (including phenoxy) is 2. The molecule has 3 aromatic rings. The Balaban J connectivity index is 1.50. The van der Waals surface area contributed by atoms with Gasteiger partial charge in [0.25, 0.3) is 17.7 Å². The van der Waals surface area contributed by atoms with Crippen molar-refractivity contribution in [2.24, 2.45) is 0 Å². The van der Waals surface area contributed by atoms with Gasteiger partial charge in [-0.25, -0.2) is 13.9 Å². The molecule has 36 heavy (non-hydrogen) atoms. The normalized spacial score (nSPS) is 12.8. The van der Waals surface area contributed by atoms with E-state index in [1.807, 2.05) is 0 Å². The Morgan fingerprint density at radius 3 is 2.72 bits per heavy atom. The molecule has 0 aliphatic carbocycles. The van der Waals surface area contributed by atoms with E-state index in [1.165, 1.54) is 0 Å². The molecule has 2 aromatic heterocycles. The van der Waals surface area contributed by atoms with E-state index in [9.17, 15) is 23.6 Å². The van der Waals surface area contributed by atoms with Crippen LogP contribution in [0, 0.1) is 5.82 Å². The van der Waals surface area contributed by atoms with E-state index in [0.29, 0.717) is 17.0 Å². The monoisotopic (exact) mass is 498 g/mol. The van der Waals surface area contributed by atoms with Crippen LogP contribution in [-0.2, 0) is 20.9 Å². The summed E-state index contributed by atoms with van der Waals surface area (Å²) in [7, 11) is 0. The Kier molecular flexibility index (Phi) is 6.55. The molecule has 0 saturated carbocycles. The fraction of sp³-hybridized carbons (Fsp3) is 0.304. The second-order valence-corrected chi connectivity index (χ2v) is 8.87. The van der Waals surface area contributed by atoms with Crippen LogP contribution in [-0.4, -0.2) is 57.0 Å². The molecule has 3 amide bonds. The standard InChI is InChI=1S/C23H23FN6O6/c1-23(2,3)36-19(32)10-26-22(34)16-7-15(29-20-13(24)9-27-30(16)20)21(33)25-8-12-4-5-17-14(6-12)28-18(31)11-35-17/h4-7,9H,8,10-11H2,1-3H3,(H,25,33)(H,26,34)(H,28,31). The van der Waals surface area contributed by atoms with Gasteiger partial charge in [0.1, 0.15) is 29.3 Å². The van der Waals surface area contributed by atoms with Gasteiger partial charge in [0.15, 0.2) is 18.1 Å². The quantitative estimate of drug-likeness (QED) is 0.429. The number of amides is 3. The van der Waals surface area contributed by atoms with Crippen molar-refractivity contribution in [1.82, 2.24) is 25.2 Å². The topological polar surface area (TPSA) is 153 Å². The molecule has 0 unspecified atom stereocenters. The van der Waals surface area contributed by atoms with Gasteiger partial charge in [0.05, 0.1) is 11.9 Å². The highest BCUT2D eigenvalue weighted by Gasteiger charge is 2.22.